The monoisotopic (exact) mass is 184 g/mol. The van der Waals surface area contributed by atoms with Gasteiger partial charge in [0.15, 0.2) is 5.82 Å². The zero-order valence-corrected chi connectivity index (χ0v) is 7.77. The van der Waals surface area contributed by atoms with Crippen LogP contribution in [0.3, 0.4) is 0 Å². The van der Waals surface area contributed by atoms with Gasteiger partial charge in [0.2, 0.25) is 5.95 Å². The smallest absolute Gasteiger partial charge is 0.240 e. The second-order valence-corrected chi connectivity index (χ2v) is 3.10. The Balaban J connectivity index is 2.58. The van der Waals surface area contributed by atoms with Crippen LogP contribution in [0.1, 0.15) is 25.6 Å². The number of nitrogens with zero attached hydrogens (tertiary/aromatic N) is 3. The van der Waals surface area contributed by atoms with Crippen molar-refractivity contribution in [2.75, 3.05) is 11.6 Å². The largest absolute Gasteiger partial charge is 0.366 e. The summed E-state index contributed by atoms with van der Waals surface area (Å²) in [5.74, 6) is 6.42. The number of hydrogen-bond donors (Lipinski definition) is 3. The number of aromatic nitrogens is 3. The van der Waals surface area contributed by atoms with Crippen molar-refractivity contribution in [3.8, 4) is 0 Å². The van der Waals surface area contributed by atoms with Crippen molar-refractivity contribution >= 4 is 5.95 Å². The molecule has 1 rings (SSSR count). The molecule has 0 amide bonds. The zero-order chi connectivity index (χ0) is 9.84. The summed E-state index contributed by atoms with van der Waals surface area (Å²) in [6.45, 7) is 2.08. The Morgan fingerprint density at radius 2 is 2.15 bits per heavy atom. The molecule has 1 atom stereocenters. The number of nitrogens with two attached hydrogens (primary N) is 3. The number of anilines is 1. The number of rotatable bonds is 4. The van der Waals surface area contributed by atoms with E-state index >= 15 is 0 Å². The molecule has 0 aliphatic heterocycles. The fourth-order valence-corrected chi connectivity index (χ4v) is 1.18. The summed E-state index contributed by atoms with van der Waals surface area (Å²) < 4.78 is 1.27. The van der Waals surface area contributed by atoms with E-state index in [-0.39, 0.29) is 12.0 Å². The Labute approximate surface area is 77.1 Å². The lowest BCUT2D eigenvalue weighted by atomic mass is 10.1. The first-order valence-electron chi connectivity index (χ1n) is 4.35. The van der Waals surface area contributed by atoms with Crippen molar-refractivity contribution in [3.05, 3.63) is 5.82 Å². The minimum Gasteiger partial charge on any atom is -0.366 e. The molecule has 1 aromatic rings. The van der Waals surface area contributed by atoms with Gasteiger partial charge < -0.3 is 17.3 Å². The molecule has 6 heteroatoms. The van der Waals surface area contributed by atoms with Crippen LogP contribution in [0.2, 0.25) is 0 Å². The topological polar surface area (TPSA) is 109 Å². The Morgan fingerprint density at radius 3 is 2.62 bits per heavy atom. The number of hydrogen-bond acceptors (Lipinski definition) is 5. The first-order chi connectivity index (χ1) is 6.15. The van der Waals surface area contributed by atoms with Gasteiger partial charge in [-0.25, -0.2) is 4.68 Å². The van der Waals surface area contributed by atoms with Crippen LogP contribution in [-0.2, 0) is 6.42 Å². The van der Waals surface area contributed by atoms with Crippen LogP contribution in [0.4, 0.5) is 5.95 Å². The Morgan fingerprint density at radius 1 is 1.46 bits per heavy atom. The van der Waals surface area contributed by atoms with E-state index in [1.54, 1.807) is 0 Å². The zero-order valence-electron chi connectivity index (χ0n) is 7.77. The van der Waals surface area contributed by atoms with E-state index in [0.29, 0.717) is 12.2 Å². The minimum atomic E-state index is 0.0795. The summed E-state index contributed by atoms with van der Waals surface area (Å²) in [5, 5.41) is 7.46. The van der Waals surface area contributed by atoms with Gasteiger partial charge in [0.1, 0.15) is 0 Å². The van der Waals surface area contributed by atoms with E-state index in [9.17, 15) is 0 Å². The molecule has 0 fully saturated rings. The Kier molecular flexibility index (Phi) is 3.07. The van der Waals surface area contributed by atoms with E-state index in [1.807, 2.05) is 0 Å². The third-order valence-corrected chi connectivity index (χ3v) is 1.90. The van der Waals surface area contributed by atoms with Crippen molar-refractivity contribution < 1.29 is 0 Å². The molecular formula is C7H16N6. The van der Waals surface area contributed by atoms with Crippen LogP contribution in [0, 0.1) is 0 Å². The normalized spacial score (nSPS) is 13.1. The minimum absolute atomic E-state index is 0.0795. The third-order valence-electron chi connectivity index (χ3n) is 1.90. The molecule has 0 saturated heterocycles. The van der Waals surface area contributed by atoms with E-state index in [4.69, 9.17) is 17.3 Å². The average molecular weight is 184 g/mol. The fourth-order valence-electron chi connectivity index (χ4n) is 1.18. The Hall–Kier alpha value is -1.30. The highest BCUT2D eigenvalue weighted by atomic mass is 15.4. The number of nitrogen functional groups attached to an aromatic ring is 2. The lowest BCUT2D eigenvalue weighted by molar-refractivity contribution is 0.577. The fraction of sp³-hybridized carbons (Fsp3) is 0.714. The highest BCUT2D eigenvalue weighted by Gasteiger charge is 2.10. The second-order valence-electron chi connectivity index (χ2n) is 3.10. The van der Waals surface area contributed by atoms with Gasteiger partial charge >= 0.3 is 0 Å². The van der Waals surface area contributed by atoms with Gasteiger partial charge in [-0.3, -0.25) is 0 Å². The highest BCUT2D eigenvalue weighted by Crippen LogP contribution is 2.03. The summed E-state index contributed by atoms with van der Waals surface area (Å²) >= 11 is 0. The molecule has 6 N–H and O–H groups in total. The maximum atomic E-state index is 5.82. The van der Waals surface area contributed by atoms with E-state index in [1.165, 1.54) is 4.68 Å². The summed E-state index contributed by atoms with van der Waals surface area (Å²) in [6.07, 6.45) is 2.62. The molecule has 0 radical (unpaired) electrons. The van der Waals surface area contributed by atoms with Crippen LogP contribution in [-0.4, -0.2) is 20.9 Å². The van der Waals surface area contributed by atoms with Crippen LogP contribution in [0.25, 0.3) is 0 Å². The molecule has 0 aliphatic rings. The SMILES string of the molecule is CCCC(N)Cc1nnc(N)n1N. The van der Waals surface area contributed by atoms with Crippen molar-refractivity contribution in [1.82, 2.24) is 14.9 Å². The quantitative estimate of drug-likeness (QED) is 0.533. The van der Waals surface area contributed by atoms with Gasteiger partial charge in [-0.1, -0.05) is 13.3 Å². The van der Waals surface area contributed by atoms with Crippen molar-refractivity contribution in [3.63, 3.8) is 0 Å². The van der Waals surface area contributed by atoms with Crippen molar-refractivity contribution in [2.45, 2.75) is 32.2 Å². The van der Waals surface area contributed by atoms with Crippen LogP contribution >= 0.6 is 0 Å². The maximum absolute atomic E-state index is 5.82. The molecule has 0 bridgehead atoms. The molecule has 1 unspecified atom stereocenters. The van der Waals surface area contributed by atoms with Gasteiger partial charge in [-0.2, -0.15) is 0 Å². The van der Waals surface area contributed by atoms with Gasteiger partial charge in [0.05, 0.1) is 0 Å². The lowest BCUT2D eigenvalue weighted by Crippen LogP contribution is -2.26. The Bertz CT molecular complexity index is 268. The first kappa shape index (κ1) is 9.79. The van der Waals surface area contributed by atoms with Gasteiger partial charge in [0.25, 0.3) is 0 Å². The summed E-state index contributed by atoms with van der Waals surface area (Å²) in [5.41, 5.74) is 11.2. The predicted octanol–water partition coefficient (Wildman–Crippen LogP) is -0.756. The lowest BCUT2D eigenvalue weighted by Gasteiger charge is -2.08. The van der Waals surface area contributed by atoms with Crippen LogP contribution in [0.15, 0.2) is 0 Å². The van der Waals surface area contributed by atoms with E-state index in [2.05, 4.69) is 17.1 Å². The summed E-state index contributed by atoms with van der Waals surface area (Å²) in [7, 11) is 0. The molecule has 6 nitrogen and oxygen atoms in total. The summed E-state index contributed by atoms with van der Waals surface area (Å²) in [6, 6.07) is 0.0795. The van der Waals surface area contributed by atoms with Gasteiger partial charge in [-0.15, -0.1) is 10.2 Å². The maximum Gasteiger partial charge on any atom is 0.240 e. The molecule has 1 heterocycles. The van der Waals surface area contributed by atoms with Crippen LogP contribution < -0.4 is 17.3 Å². The first-order valence-corrected chi connectivity index (χ1v) is 4.35. The van der Waals surface area contributed by atoms with Gasteiger partial charge in [-0.05, 0) is 6.42 Å². The van der Waals surface area contributed by atoms with Crippen LogP contribution in [0.5, 0.6) is 0 Å². The molecular weight excluding hydrogens is 168 g/mol. The molecule has 0 saturated carbocycles. The third kappa shape index (κ3) is 2.32. The molecule has 74 valence electrons. The molecule has 0 spiro atoms. The highest BCUT2D eigenvalue weighted by molar-refractivity contribution is 5.17. The van der Waals surface area contributed by atoms with E-state index < -0.39 is 0 Å². The molecule has 1 aromatic heterocycles. The standard InChI is InChI=1S/C7H16N6/c1-2-3-5(8)4-6-11-12-7(9)13(6)10/h5H,2-4,8,10H2,1H3,(H2,9,12). The molecule has 0 aliphatic carbocycles. The summed E-state index contributed by atoms with van der Waals surface area (Å²) in [4.78, 5) is 0. The average Bonchev–Trinajstić information content (AvgIpc) is 2.37. The van der Waals surface area contributed by atoms with Gasteiger partial charge in [0, 0.05) is 12.5 Å². The second kappa shape index (κ2) is 4.08. The van der Waals surface area contributed by atoms with Crippen molar-refractivity contribution in [2.24, 2.45) is 5.73 Å². The van der Waals surface area contributed by atoms with E-state index in [0.717, 1.165) is 12.8 Å². The molecule has 0 aromatic carbocycles. The van der Waals surface area contributed by atoms with Crippen molar-refractivity contribution in [1.29, 1.82) is 0 Å². The molecule has 13 heavy (non-hydrogen) atoms. The predicted molar refractivity (Wildman–Crippen MR) is 51.2 cm³/mol.